The molecule has 0 bridgehead atoms. The average Bonchev–Trinajstić information content (AvgIpc) is 2.64. The summed E-state index contributed by atoms with van der Waals surface area (Å²) in [4.78, 5) is 12.0. The van der Waals surface area contributed by atoms with Crippen molar-refractivity contribution in [2.24, 2.45) is 11.8 Å². The quantitative estimate of drug-likeness (QED) is 0.460. The smallest absolute Gasteiger partial charge is 0.262 e. The van der Waals surface area contributed by atoms with E-state index in [1.165, 1.54) is 6.07 Å². The Hall–Kier alpha value is -2.16. The summed E-state index contributed by atoms with van der Waals surface area (Å²) in [5, 5.41) is 20.9. The molecule has 2 aromatic carbocycles. The van der Waals surface area contributed by atoms with Crippen molar-refractivity contribution in [3.63, 3.8) is 0 Å². The van der Waals surface area contributed by atoms with Crippen molar-refractivity contribution >= 4 is 26.7 Å². The van der Waals surface area contributed by atoms with Gasteiger partial charge in [-0.05, 0) is 29.7 Å². The van der Waals surface area contributed by atoms with Gasteiger partial charge >= 0.3 is 0 Å². The molecule has 7 nitrogen and oxygen atoms in total. The van der Waals surface area contributed by atoms with Crippen LogP contribution in [0.25, 0.3) is 10.8 Å². The number of hydroxylamine groups is 1. The van der Waals surface area contributed by atoms with Gasteiger partial charge in [-0.1, -0.05) is 58.0 Å². The summed E-state index contributed by atoms with van der Waals surface area (Å²) in [6.45, 7) is 7.40. The van der Waals surface area contributed by atoms with Crippen LogP contribution in [0.4, 0.5) is 0 Å². The molecule has 154 valence electrons. The SMILES string of the molecule is CC(C)CCN([C@@H](C(=O)NO)C(C)C)S(=O)(=O)c1ccc2ccccc2c1O. The van der Waals surface area contributed by atoms with Crippen LogP contribution in [0.2, 0.25) is 0 Å². The Bertz CT molecular complexity index is 941. The monoisotopic (exact) mass is 408 g/mol. The zero-order chi connectivity index (χ0) is 21.1. The first-order valence-electron chi connectivity index (χ1n) is 9.27. The number of sulfonamides is 1. The average molecular weight is 409 g/mol. The lowest BCUT2D eigenvalue weighted by molar-refractivity contribution is -0.134. The molecule has 1 atom stereocenters. The first-order chi connectivity index (χ1) is 13.1. The zero-order valence-corrected chi connectivity index (χ0v) is 17.4. The van der Waals surface area contributed by atoms with Gasteiger partial charge in [0.25, 0.3) is 5.91 Å². The third-order valence-electron chi connectivity index (χ3n) is 4.70. The Morgan fingerprint density at radius 3 is 2.32 bits per heavy atom. The minimum Gasteiger partial charge on any atom is -0.506 e. The lowest BCUT2D eigenvalue weighted by atomic mass is 10.0. The van der Waals surface area contributed by atoms with E-state index >= 15 is 0 Å². The predicted molar refractivity (Wildman–Crippen MR) is 108 cm³/mol. The van der Waals surface area contributed by atoms with E-state index in [-0.39, 0.29) is 23.1 Å². The number of hydrogen-bond acceptors (Lipinski definition) is 5. The molecular weight excluding hydrogens is 380 g/mol. The highest BCUT2D eigenvalue weighted by Crippen LogP contribution is 2.35. The van der Waals surface area contributed by atoms with E-state index in [0.717, 1.165) is 4.31 Å². The number of phenolic OH excluding ortho intramolecular Hbond substituents is 1. The summed E-state index contributed by atoms with van der Waals surface area (Å²) in [6, 6.07) is 8.79. The van der Waals surface area contributed by atoms with Gasteiger partial charge in [0.05, 0.1) is 0 Å². The molecule has 0 fully saturated rings. The zero-order valence-electron chi connectivity index (χ0n) is 16.6. The molecule has 0 aliphatic carbocycles. The van der Waals surface area contributed by atoms with E-state index in [0.29, 0.717) is 17.2 Å². The maximum absolute atomic E-state index is 13.5. The van der Waals surface area contributed by atoms with Gasteiger partial charge in [-0.2, -0.15) is 4.31 Å². The van der Waals surface area contributed by atoms with Crippen LogP contribution in [0.3, 0.4) is 0 Å². The number of rotatable bonds is 8. The number of phenols is 1. The fourth-order valence-corrected chi connectivity index (χ4v) is 5.03. The van der Waals surface area contributed by atoms with Crippen molar-refractivity contribution in [1.29, 1.82) is 0 Å². The molecule has 1 amide bonds. The van der Waals surface area contributed by atoms with E-state index < -0.39 is 27.9 Å². The lowest BCUT2D eigenvalue weighted by Gasteiger charge is -2.32. The molecule has 0 aromatic heterocycles. The number of nitrogens with one attached hydrogen (secondary N) is 1. The van der Waals surface area contributed by atoms with Crippen LogP contribution in [-0.2, 0) is 14.8 Å². The van der Waals surface area contributed by atoms with Crippen LogP contribution in [0.5, 0.6) is 5.75 Å². The van der Waals surface area contributed by atoms with Crippen LogP contribution in [0.15, 0.2) is 41.3 Å². The third-order valence-corrected chi connectivity index (χ3v) is 6.61. The second kappa shape index (κ2) is 8.89. The van der Waals surface area contributed by atoms with Gasteiger partial charge in [-0.3, -0.25) is 10.0 Å². The summed E-state index contributed by atoms with van der Waals surface area (Å²) in [5.41, 5.74) is 1.57. The third kappa shape index (κ3) is 4.45. The first kappa shape index (κ1) is 22.1. The highest BCUT2D eigenvalue weighted by Gasteiger charge is 2.39. The Labute approximate surface area is 166 Å². The molecule has 0 unspecified atom stereocenters. The lowest BCUT2D eigenvalue weighted by Crippen LogP contribution is -2.52. The van der Waals surface area contributed by atoms with E-state index in [2.05, 4.69) is 0 Å². The van der Waals surface area contributed by atoms with Gasteiger partial charge in [0.15, 0.2) is 0 Å². The number of carbonyl (C=O) groups excluding carboxylic acids is 1. The van der Waals surface area contributed by atoms with Crippen LogP contribution < -0.4 is 5.48 Å². The number of fused-ring (bicyclic) bond motifs is 1. The van der Waals surface area contributed by atoms with Crippen molar-refractivity contribution in [2.45, 2.75) is 45.1 Å². The normalized spacial score (nSPS) is 13.4. The fraction of sp³-hybridized carbons (Fsp3) is 0.450. The van der Waals surface area contributed by atoms with Gasteiger partial charge < -0.3 is 5.11 Å². The Morgan fingerprint density at radius 2 is 1.75 bits per heavy atom. The Balaban J connectivity index is 2.63. The molecule has 0 aliphatic rings. The maximum Gasteiger partial charge on any atom is 0.262 e. The van der Waals surface area contributed by atoms with Gasteiger partial charge in [0.2, 0.25) is 10.0 Å². The van der Waals surface area contributed by atoms with Crippen molar-refractivity contribution in [3.8, 4) is 5.75 Å². The van der Waals surface area contributed by atoms with Crippen LogP contribution in [0, 0.1) is 11.8 Å². The Morgan fingerprint density at radius 1 is 1.11 bits per heavy atom. The highest BCUT2D eigenvalue weighted by molar-refractivity contribution is 7.89. The molecule has 0 spiro atoms. The molecule has 0 aliphatic heterocycles. The topological polar surface area (TPSA) is 107 Å². The van der Waals surface area contributed by atoms with Crippen LogP contribution in [-0.4, -0.2) is 41.5 Å². The van der Waals surface area contributed by atoms with E-state index in [4.69, 9.17) is 5.21 Å². The highest BCUT2D eigenvalue weighted by atomic mass is 32.2. The van der Waals surface area contributed by atoms with Gasteiger partial charge in [-0.15, -0.1) is 0 Å². The van der Waals surface area contributed by atoms with Gasteiger partial charge in [0, 0.05) is 11.9 Å². The maximum atomic E-state index is 13.5. The molecule has 28 heavy (non-hydrogen) atoms. The number of carbonyl (C=O) groups is 1. The number of aromatic hydroxyl groups is 1. The summed E-state index contributed by atoms with van der Waals surface area (Å²) >= 11 is 0. The molecule has 0 radical (unpaired) electrons. The first-order valence-corrected chi connectivity index (χ1v) is 10.7. The number of benzene rings is 2. The van der Waals surface area contributed by atoms with Crippen molar-refractivity contribution in [3.05, 3.63) is 36.4 Å². The van der Waals surface area contributed by atoms with Gasteiger partial charge in [-0.25, -0.2) is 13.9 Å². The summed E-state index contributed by atoms with van der Waals surface area (Å²) in [5.74, 6) is -1.34. The standard InChI is InChI=1S/C20H28N2O5S/c1-13(2)11-12-22(18(14(3)4)20(24)21-25)28(26,27)17-10-9-15-7-5-6-8-16(15)19(17)23/h5-10,13-14,18,23,25H,11-12H2,1-4H3,(H,21,24)/t18-/m1/s1. The van der Waals surface area contributed by atoms with Crippen molar-refractivity contribution in [1.82, 2.24) is 9.79 Å². The second-order valence-electron chi connectivity index (χ2n) is 7.60. The number of amides is 1. The minimum atomic E-state index is -4.21. The largest absolute Gasteiger partial charge is 0.506 e. The molecule has 0 heterocycles. The van der Waals surface area contributed by atoms with Crippen molar-refractivity contribution in [2.75, 3.05) is 6.54 Å². The number of nitrogens with zero attached hydrogens (tertiary/aromatic N) is 1. The van der Waals surface area contributed by atoms with E-state index in [1.54, 1.807) is 49.7 Å². The summed E-state index contributed by atoms with van der Waals surface area (Å²) in [7, 11) is -4.21. The fourth-order valence-electron chi connectivity index (χ4n) is 3.20. The number of hydrogen-bond donors (Lipinski definition) is 3. The van der Waals surface area contributed by atoms with E-state index in [1.807, 2.05) is 13.8 Å². The van der Waals surface area contributed by atoms with Crippen LogP contribution >= 0.6 is 0 Å². The van der Waals surface area contributed by atoms with E-state index in [9.17, 15) is 18.3 Å². The van der Waals surface area contributed by atoms with Crippen LogP contribution in [0.1, 0.15) is 34.1 Å². The van der Waals surface area contributed by atoms with Gasteiger partial charge in [0.1, 0.15) is 16.7 Å². The molecule has 2 rings (SSSR count). The molecule has 2 aromatic rings. The van der Waals surface area contributed by atoms with Crippen molar-refractivity contribution < 1.29 is 23.5 Å². The molecule has 0 saturated carbocycles. The molecule has 8 heteroatoms. The summed E-state index contributed by atoms with van der Waals surface area (Å²) < 4.78 is 28.0. The minimum absolute atomic E-state index is 0.0858. The summed E-state index contributed by atoms with van der Waals surface area (Å²) in [6.07, 6.45) is 0.523. The molecular formula is C20H28N2O5S. The second-order valence-corrected chi connectivity index (χ2v) is 9.46. The molecule has 3 N–H and O–H groups in total. The molecule has 0 saturated heterocycles. The predicted octanol–water partition coefficient (Wildman–Crippen LogP) is 3.11. The Kier molecular flexibility index (Phi) is 7.03.